The summed E-state index contributed by atoms with van der Waals surface area (Å²) in [7, 11) is 0. The van der Waals surface area contributed by atoms with Crippen LogP contribution in [0.2, 0.25) is 10.0 Å². The zero-order valence-electron chi connectivity index (χ0n) is 15.6. The Bertz CT molecular complexity index is 1210. The monoisotopic (exact) mass is 438 g/mol. The molecular formula is C23H16Cl2N2O3. The fourth-order valence-corrected chi connectivity index (χ4v) is 3.33. The Hall–Kier alpha value is -3.28. The van der Waals surface area contributed by atoms with Crippen LogP contribution in [-0.2, 0) is 11.2 Å². The van der Waals surface area contributed by atoms with Crippen molar-refractivity contribution in [3.05, 3.63) is 88.4 Å². The number of carbonyl (C=O) groups excluding carboxylic acids is 1. The van der Waals surface area contributed by atoms with Crippen LogP contribution in [-0.4, -0.2) is 16.0 Å². The first-order chi connectivity index (χ1) is 14.5. The highest BCUT2D eigenvalue weighted by Gasteiger charge is 2.19. The summed E-state index contributed by atoms with van der Waals surface area (Å²) in [6.07, 6.45) is -0.0562. The molecule has 0 fully saturated rings. The van der Waals surface area contributed by atoms with Crippen molar-refractivity contribution < 1.29 is 14.3 Å². The van der Waals surface area contributed by atoms with Gasteiger partial charge >= 0.3 is 0 Å². The highest BCUT2D eigenvalue weighted by atomic mass is 35.5. The number of hydrogen-bond donors (Lipinski definition) is 2. The maximum absolute atomic E-state index is 12.6. The van der Waals surface area contributed by atoms with Crippen molar-refractivity contribution in [1.29, 1.82) is 0 Å². The number of rotatable bonds is 5. The van der Waals surface area contributed by atoms with E-state index in [0.717, 1.165) is 5.56 Å². The summed E-state index contributed by atoms with van der Waals surface area (Å²) in [5, 5.41) is 13.7. The van der Waals surface area contributed by atoms with Crippen LogP contribution < -0.4 is 5.32 Å². The van der Waals surface area contributed by atoms with Crippen molar-refractivity contribution in [1.82, 2.24) is 4.98 Å². The second-order valence-corrected chi connectivity index (χ2v) is 7.44. The molecule has 3 aromatic carbocycles. The quantitative estimate of drug-likeness (QED) is 0.388. The Morgan fingerprint density at radius 3 is 2.40 bits per heavy atom. The first kappa shape index (κ1) is 20.0. The third-order valence-corrected chi connectivity index (χ3v) is 4.87. The number of carbonyl (C=O) groups is 1. The summed E-state index contributed by atoms with van der Waals surface area (Å²) >= 11 is 12.0. The molecule has 5 nitrogen and oxygen atoms in total. The van der Waals surface area contributed by atoms with Gasteiger partial charge in [0.15, 0.2) is 0 Å². The molecule has 0 unspecified atom stereocenters. The number of phenols is 1. The van der Waals surface area contributed by atoms with Gasteiger partial charge in [0.05, 0.1) is 6.42 Å². The standard InChI is InChI=1S/C23H16Cl2N2O3/c24-17-8-4-7-16(11-17)21-23(30-22(27-21)14-5-2-1-3-6-14)26-20(29)12-15-9-10-18(25)13-19(15)28/h1-11,13,28H,12H2,(H,26,29). The summed E-state index contributed by atoms with van der Waals surface area (Å²) in [5.41, 5.74) is 2.39. The molecular weight excluding hydrogens is 423 g/mol. The Balaban J connectivity index is 1.67. The van der Waals surface area contributed by atoms with Crippen LogP contribution in [0, 0.1) is 0 Å². The van der Waals surface area contributed by atoms with Gasteiger partial charge in [0.25, 0.3) is 0 Å². The first-order valence-corrected chi connectivity index (χ1v) is 9.84. The van der Waals surface area contributed by atoms with E-state index in [1.165, 1.54) is 6.07 Å². The van der Waals surface area contributed by atoms with E-state index in [9.17, 15) is 9.90 Å². The average molecular weight is 439 g/mol. The summed E-state index contributed by atoms with van der Waals surface area (Å²) in [6, 6.07) is 21.1. The molecule has 0 spiro atoms. The van der Waals surface area contributed by atoms with E-state index >= 15 is 0 Å². The molecule has 0 radical (unpaired) electrons. The highest BCUT2D eigenvalue weighted by Crippen LogP contribution is 2.34. The van der Waals surface area contributed by atoms with Crippen LogP contribution in [0.25, 0.3) is 22.7 Å². The average Bonchev–Trinajstić information content (AvgIpc) is 3.14. The van der Waals surface area contributed by atoms with Crippen molar-refractivity contribution in [2.75, 3.05) is 5.32 Å². The molecule has 7 heteroatoms. The molecule has 0 saturated carbocycles. The number of halogens is 2. The van der Waals surface area contributed by atoms with Gasteiger partial charge in [-0.2, -0.15) is 0 Å². The minimum absolute atomic E-state index is 0.0461. The van der Waals surface area contributed by atoms with Crippen LogP contribution in [0.15, 0.2) is 77.2 Å². The number of amides is 1. The van der Waals surface area contributed by atoms with Crippen LogP contribution in [0.4, 0.5) is 5.88 Å². The van der Waals surface area contributed by atoms with Gasteiger partial charge in [0.2, 0.25) is 17.7 Å². The molecule has 0 saturated heterocycles. The summed E-state index contributed by atoms with van der Waals surface area (Å²) < 4.78 is 5.88. The molecule has 0 aliphatic rings. The van der Waals surface area contributed by atoms with E-state index in [1.807, 2.05) is 36.4 Å². The number of aromatic hydroxyl groups is 1. The molecule has 4 rings (SSSR count). The number of hydrogen-bond acceptors (Lipinski definition) is 4. The van der Waals surface area contributed by atoms with Crippen LogP contribution >= 0.6 is 23.2 Å². The molecule has 0 atom stereocenters. The van der Waals surface area contributed by atoms with Gasteiger partial charge < -0.3 is 9.52 Å². The number of phenolic OH excluding ortho intramolecular Hbond substituents is 1. The highest BCUT2D eigenvalue weighted by molar-refractivity contribution is 6.31. The molecule has 2 N–H and O–H groups in total. The fraction of sp³-hybridized carbons (Fsp3) is 0.0435. The van der Waals surface area contributed by atoms with E-state index in [-0.39, 0.29) is 24.0 Å². The third-order valence-electron chi connectivity index (χ3n) is 4.40. The SMILES string of the molecule is O=C(Cc1ccc(Cl)cc1O)Nc1oc(-c2ccccc2)nc1-c1cccc(Cl)c1. The minimum Gasteiger partial charge on any atom is -0.508 e. The Morgan fingerprint density at radius 2 is 1.67 bits per heavy atom. The molecule has 150 valence electrons. The lowest BCUT2D eigenvalue weighted by atomic mass is 10.1. The molecule has 0 bridgehead atoms. The van der Waals surface area contributed by atoms with Crippen LogP contribution in [0.3, 0.4) is 0 Å². The summed E-state index contributed by atoms with van der Waals surface area (Å²) in [6.45, 7) is 0. The van der Waals surface area contributed by atoms with Gasteiger partial charge in [-0.15, -0.1) is 0 Å². The molecule has 1 aromatic heterocycles. The van der Waals surface area contributed by atoms with Crippen LogP contribution in [0.1, 0.15) is 5.56 Å². The van der Waals surface area contributed by atoms with Crippen molar-refractivity contribution in [2.24, 2.45) is 0 Å². The van der Waals surface area contributed by atoms with Crippen molar-refractivity contribution in [3.63, 3.8) is 0 Å². The van der Waals surface area contributed by atoms with Gasteiger partial charge in [-0.3, -0.25) is 10.1 Å². The predicted octanol–water partition coefficient (Wildman–Crippen LogP) is 6.20. The van der Waals surface area contributed by atoms with Crippen LogP contribution in [0.5, 0.6) is 5.75 Å². The lowest BCUT2D eigenvalue weighted by Crippen LogP contribution is -2.14. The fourth-order valence-electron chi connectivity index (χ4n) is 2.97. The molecule has 0 aliphatic heterocycles. The lowest BCUT2D eigenvalue weighted by molar-refractivity contribution is -0.115. The van der Waals surface area contributed by atoms with Crippen molar-refractivity contribution >= 4 is 35.0 Å². The van der Waals surface area contributed by atoms with Gasteiger partial charge in [0, 0.05) is 26.7 Å². The second-order valence-electron chi connectivity index (χ2n) is 6.57. The van der Waals surface area contributed by atoms with Gasteiger partial charge in [-0.05, 0) is 36.4 Å². The Kier molecular flexibility index (Phi) is 5.74. The number of anilines is 1. The van der Waals surface area contributed by atoms with Crippen molar-refractivity contribution in [3.8, 4) is 28.5 Å². The van der Waals surface area contributed by atoms with E-state index in [4.69, 9.17) is 27.6 Å². The lowest BCUT2D eigenvalue weighted by Gasteiger charge is -2.06. The van der Waals surface area contributed by atoms with Crippen molar-refractivity contribution in [2.45, 2.75) is 6.42 Å². The maximum atomic E-state index is 12.6. The zero-order valence-corrected chi connectivity index (χ0v) is 17.1. The normalized spacial score (nSPS) is 10.7. The van der Waals surface area contributed by atoms with E-state index in [1.54, 1.807) is 30.3 Å². The van der Waals surface area contributed by atoms with E-state index in [2.05, 4.69) is 10.3 Å². The third kappa shape index (κ3) is 4.48. The van der Waals surface area contributed by atoms with Gasteiger partial charge in [-0.25, -0.2) is 4.98 Å². The smallest absolute Gasteiger partial charge is 0.231 e. The van der Waals surface area contributed by atoms with E-state index in [0.29, 0.717) is 32.8 Å². The van der Waals surface area contributed by atoms with Gasteiger partial charge in [0.1, 0.15) is 11.4 Å². The maximum Gasteiger partial charge on any atom is 0.231 e. The summed E-state index contributed by atoms with van der Waals surface area (Å²) in [4.78, 5) is 17.2. The van der Waals surface area contributed by atoms with E-state index < -0.39 is 0 Å². The number of aromatic nitrogens is 1. The molecule has 0 aliphatic carbocycles. The second kappa shape index (κ2) is 8.61. The molecule has 1 amide bonds. The first-order valence-electron chi connectivity index (χ1n) is 9.09. The minimum atomic E-state index is -0.369. The predicted molar refractivity (Wildman–Crippen MR) is 118 cm³/mol. The number of nitrogens with one attached hydrogen (secondary N) is 1. The molecule has 30 heavy (non-hydrogen) atoms. The number of oxazole rings is 1. The molecule has 4 aromatic rings. The largest absolute Gasteiger partial charge is 0.508 e. The topological polar surface area (TPSA) is 75.4 Å². The number of nitrogens with zero attached hydrogens (tertiary/aromatic N) is 1. The number of benzene rings is 3. The summed E-state index contributed by atoms with van der Waals surface area (Å²) in [5.74, 6) is 0.159. The Morgan fingerprint density at radius 1 is 0.933 bits per heavy atom. The zero-order chi connectivity index (χ0) is 21.1. The Labute approximate surface area is 182 Å². The van der Waals surface area contributed by atoms with Gasteiger partial charge in [-0.1, -0.05) is 59.6 Å². The molecule has 1 heterocycles.